The molecular weight excluding hydrogens is 160 g/mol. The molecule has 0 amide bonds. The Morgan fingerprint density at radius 2 is 1.77 bits per heavy atom. The van der Waals surface area contributed by atoms with Crippen molar-refractivity contribution in [3.8, 4) is 0 Å². The van der Waals surface area contributed by atoms with Crippen molar-refractivity contribution in [2.24, 2.45) is 0 Å². The molecule has 0 aromatic carbocycles. The van der Waals surface area contributed by atoms with E-state index in [4.69, 9.17) is 0 Å². The van der Waals surface area contributed by atoms with E-state index in [1.54, 1.807) is 0 Å². The van der Waals surface area contributed by atoms with Crippen molar-refractivity contribution in [2.45, 2.75) is 44.6 Å². The standard InChI is InChI=1S/C11H22N2/c1-11(6-7-12-10-11)13-8-4-2-3-5-9-13/h12H,2-10H2,1H3. The normalized spacial score (nSPS) is 37.6. The lowest BCUT2D eigenvalue weighted by Gasteiger charge is -2.37. The summed E-state index contributed by atoms with van der Waals surface area (Å²) in [4.78, 5) is 2.72. The number of nitrogens with zero attached hydrogens (tertiary/aromatic N) is 1. The molecule has 2 aliphatic heterocycles. The highest BCUT2D eigenvalue weighted by atomic mass is 15.2. The third kappa shape index (κ3) is 2.05. The van der Waals surface area contributed by atoms with Gasteiger partial charge in [0.25, 0.3) is 0 Å². The SMILES string of the molecule is CC1(N2CCCCCC2)CCNC1. The fourth-order valence-corrected chi connectivity index (χ4v) is 2.68. The highest BCUT2D eigenvalue weighted by molar-refractivity contribution is 4.94. The first-order valence-corrected chi connectivity index (χ1v) is 5.77. The fourth-order valence-electron chi connectivity index (χ4n) is 2.68. The number of nitrogens with one attached hydrogen (secondary N) is 1. The molecule has 0 aliphatic carbocycles. The number of hydrogen-bond donors (Lipinski definition) is 1. The second kappa shape index (κ2) is 3.97. The Balaban J connectivity index is 1.96. The lowest BCUT2D eigenvalue weighted by Crippen LogP contribution is -2.48. The van der Waals surface area contributed by atoms with E-state index in [0.717, 1.165) is 0 Å². The highest BCUT2D eigenvalue weighted by Crippen LogP contribution is 2.25. The maximum absolute atomic E-state index is 3.49. The molecule has 0 spiro atoms. The van der Waals surface area contributed by atoms with Crippen molar-refractivity contribution in [2.75, 3.05) is 26.2 Å². The Bertz CT molecular complexity index is 153. The van der Waals surface area contributed by atoms with E-state index in [9.17, 15) is 0 Å². The summed E-state index contributed by atoms with van der Waals surface area (Å²) < 4.78 is 0. The van der Waals surface area contributed by atoms with Crippen molar-refractivity contribution in [1.82, 2.24) is 10.2 Å². The van der Waals surface area contributed by atoms with Gasteiger partial charge in [-0.05, 0) is 45.8 Å². The zero-order chi connectivity index (χ0) is 9.15. The van der Waals surface area contributed by atoms with Crippen molar-refractivity contribution in [3.05, 3.63) is 0 Å². The van der Waals surface area contributed by atoms with Crippen LogP contribution in [-0.2, 0) is 0 Å². The Morgan fingerprint density at radius 3 is 2.31 bits per heavy atom. The van der Waals surface area contributed by atoms with Gasteiger partial charge in [-0.25, -0.2) is 0 Å². The monoisotopic (exact) mass is 182 g/mol. The van der Waals surface area contributed by atoms with Gasteiger partial charge in [0.2, 0.25) is 0 Å². The molecule has 1 atom stereocenters. The molecule has 2 saturated heterocycles. The summed E-state index contributed by atoms with van der Waals surface area (Å²) in [5.41, 5.74) is 0.477. The van der Waals surface area contributed by atoms with Crippen LogP contribution >= 0.6 is 0 Å². The topological polar surface area (TPSA) is 15.3 Å². The molecule has 0 saturated carbocycles. The van der Waals surface area contributed by atoms with E-state index >= 15 is 0 Å². The summed E-state index contributed by atoms with van der Waals surface area (Å²) in [5.74, 6) is 0. The van der Waals surface area contributed by atoms with Gasteiger partial charge in [-0.15, -0.1) is 0 Å². The largest absolute Gasteiger partial charge is 0.315 e. The van der Waals surface area contributed by atoms with Crippen LogP contribution in [0.5, 0.6) is 0 Å². The molecule has 2 heterocycles. The Hall–Kier alpha value is -0.0800. The van der Waals surface area contributed by atoms with Gasteiger partial charge in [0.1, 0.15) is 0 Å². The van der Waals surface area contributed by atoms with Gasteiger partial charge in [-0.3, -0.25) is 4.90 Å². The predicted octanol–water partition coefficient (Wildman–Crippen LogP) is 1.61. The van der Waals surface area contributed by atoms with E-state index in [-0.39, 0.29) is 0 Å². The van der Waals surface area contributed by atoms with Crippen molar-refractivity contribution < 1.29 is 0 Å². The summed E-state index contributed by atoms with van der Waals surface area (Å²) in [6.07, 6.45) is 7.05. The number of hydrogen-bond acceptors (Lipinski definition) is 2. The first-order chi connectivity index (χ1) is 6.31. The molecule has 13 heavy (non-hydrogen) atoms. The molecule has 0 aromatic heterocycles. The molecular formula is C11H22N2. The summed E-state index contributed by atoms with van der Waals surface area (Å²) in [7, 11) is 0. The van der Waals surface area contributed by atoms with Crippen LogP contribution in [0.4, 0.5) is 0 Å². The van der Waals surface area contributed by atoms with Crippen molar-refractivity contribution in [3.63, 3.8) is 0 Å². The van der Waals surface area contributed by atoms with Gasteiger partial charge in [-0.1, -0.05) is 12.8 Å². The van der Waals surface area contributed by atoms with E-state index in [0.29, 0.717) is 5.54 Å². The van der Waals surface area contributed by atoms with Crippen LogP contribution in [0.25, 0.3) is 0 Å². The van der Waals surface area contributed by atoms with Gasteiger partial charge < -0.3 is 5.32 Å². The summed E-state index contributed by atoms with van der Waals surface area (Å²) in [6, 6.07) is 0. The average Bonchev–Trinajstić information content (AvgIpc) is 2.44. The van der Waals surface area contributed by atoms with Crippen LogP contribution in [0.3, 0.4) is 0 Å². The molecule has 0 aromatic rings. The quantitative estimate of drug-likeness (QED) is 0.663. The maximum Gasteiger partial charge on any atom is 0.0317 e. The average molecular weight is 182 g/mol. The van der Waals surface area contributed by atoms with Crippen LogP contribution in [0, 0.1) is 0 Å². The number of rotatable bonds is 1. The van der Waals surface area contributed by atoms with Gasteiger partial charge in [0.05, 0.1) is 0 Å². The summed E-state index contributed by atoms with van der Waals surface area (Å²) in [5, 5.41) is 3.49. The van der Waals surface area contributed by atoms with Crippen LogP contribution in [0.2, 0.25) is 0 Å². The molecule has 2 nitrogen and oxygen atoms in total. The van der Waals surface area contributed by atoms with Crippen molar-refractivity contribution in [1.29, 1.82) is 0 Å². The van der Waals surface area contributed by atoms with E-state index in [2.05, 4.69) is 17.1 Å². The Morgan fingerprint density at radius 1 is 1.08 bits per heavy atom. The van der Waals surface area contributed by atoms with Crippen molar-refractivity contribution >= 4 is 0 Å². The van der Waals surface area contributed by atoms with Gasteiger partial charge in [0.15, 0.2) is 0 Å². The molecule has 76 valence electrons. The molecule has 2 fully saturated rings. The Labute approximate surface area is 81.7 Å². The third-order valence-electron chi connectivity index (χ3n) is 3.72. The van der Waals surface area contributed by atoms with Crippen LogP contribution in [-0.4, -0.2) is 36.6 Å². The Kier molecular flexibility index (Phi) is 2.89. The second-order valence-corrected chi connectivity index (χ2v) is 4.82. The first kappa shape index (κ1) is 9.47. The fraction of sp³-hybridized carbons (Fsp3) is 1.00. The van der Waals surface area contributed by atoms with E-state index in [1.165, 1.54) is 58.3 Å². The van der Waals surface area contributed by atoms with E-state index in [1.807, 2.05) is 0 Å². The molecule has 2 rings (SSSR count). The van der Waals surface area contributed by atoms with Gasteiger partial charge in [-0.2, -0.15) is 0 Å². The minimum atomic E-state index is 0.477. The molecule has 2 heteroatoms. The molecule has 0 bridgehead atoms. The summed E-state index contributed by atoms with van der Waals surface area (Å²) >= 11 is 0. The zero-order valence-corrected chi connectivity index (χ0v) is 8.81. The second-order valence-electron chi connectivity index (χ2n) is 4.82. The summed E-state index contributed by atoms with van der Waals surface area (Å²) in [6.45, 7) is 7.51. The first-order valence-electron chi connectivity index (χ1n) is 5.77. The smallest absolute Gasteiger partial charge is 0.0317 e. The van der Waals surface area contributed by atoms with Crippen LogP contribution < -0.4 is 5.32 Å². The minimum absolute atomic E-state index is 0.477. The highest BCUT2D eigenvalue weighted by Gasteiger charge is 2.34. The third-order valence-corrected chi connectivity index (χ3v) is 3.72. The molecule has 0 radical (unpaired) electrons. The molecule has 2 aliphatic rings. The minimum Gasteiger partial charge on any atom is -0.315 e. The predicted molar refractivity (Wildman–Crippen MR) is 55.9 cm³/mol. The molecule has 1 unspecified atom stereocenters. The van der Waals surface area contributed by atoms with E-state index < -0.39 is 0 Å². The van der Waals surface area contributed by atoms with Gasteiger partial charge in [0, 0.05) is 12.1 Å². The molecule has 1 N–H and O–H groups in total. The van der Waals surface area contributed by atoms with Gasteiger partial charge >= 0.3 is 0 Å². The maximum atomic E-state index is 3.49. The number of likely N-dealkylation sites (tertiary alicyclic amines) is 1. The van der Waals surface area contributed by atoms with Crippen LogP contribution in [0.1, 0.15) is 39.0 Å². The lowest BCUT2D eigenvalue weighted by molar-refractivity contribution is 0.126. The lowest BCUT2D eigenvalue weighted by atomic mass is 9.98. The van der Waals surface area contributed by atoms with Crippen LogP contribution in [0.15, 0.2) is 0 Å². The zero-order valence-electron chi connectivity index (χ0n) is 8.81.